The van der Waals surface area contributed by atoms with Crippen molar-refractivity contribution in [3.8, 4) is 0 Å². The monoisotopic (exact) mass is 442 g/mol. The predicted octanol–water partition coefficient (Wildman–Crippen LogP) is 2.44. The van der Waals surface area contributed by atoms with Crippen LogP contribution in [0.3, 0.4) is 0 Å². The Morgan fingerprint density at radius 3 is 2.32 bits per heavy atom. The average molecular weight is 442 g/mol. The number of fused-ring (bicyclic) bond motifs is 1. The third-order valence-electron chi connectivity index (χ3n) is 5.20. The first-order valence-electron chi connectivity index (χ1n) is 9.98. The molecule has 2 saturated heterocycles. The molecule has 11 heteroatoms. The predicted molar refractivity (Wildman–Crippen MR) is 103 cm³/mol. The van der Waals surface area contributed by atoms with Crippen LogP contribution in [0.5, 0.6) is 0 Å². The Balaban J connectivity index is 1.57. The van der Waals surface area contributed by atoms with Crippen LogP contribution in [-0.4, -0.2) is 70.0 Å². The number of hydrogen-bond acceptors (Lipinski definition) is 5. The van der Waals surface area contributed by atoms with Gasteiger partial charge in [-0.15, -0.1) is 0 Å². The molecule has 0 aromatic carbocycles. The smallest absolute Gasteiger partial charge is 0.433 e. The van der Waals surface area contributed by atoms with Crippen LogP contribution in [0, 0.1) is 0 Å². The second kappa shape index (κ2) is 8.35. The molecular weight excluding hydrogens is 417 g/mol. The lowest BCUT2D eigenvalue weighted by Gasteiger charge is -2.28. The zero-order valence-corrected chi connectivity index (χ0v) is 17.5. The molecule has 0 bridgehead atoms. The highest BCUT2D eigenvalue weighted by Gasteiger charge is 2.47. The maximum atomic E-state index is 12.8. The number of alkyl halides is 3. The summed E-state index contributed by atoms with van der Waals surface area (Å²) in [7, 11) is 0. The van der Waals surface area contributed by atoms with E-state index in [4.69, 9.17) is 4.74 Å². The van der Waals surface area contributed by atoms with E-state index in [9.17, 15) is 27.6 Å². The number of halogens is 3. The summed E-state index contributed by atoms with van der Waals surface area (Å²) in [5.41, 5.74) is -2.22. The van der Waals surface area contributed by atoms with E-state index < -0.39 is 35.2 Å². The van der Waals surface area contributed by atoms with E-state index in [1.54, 1.807) is 30.6 Å². The summed E-state index contributed by atoms with van der Waals surface area (Å²) < 4.78 is 43.7. The molecule has 0 spiro atoms. The van der Waals surface area contributed by atoms with Crippen LogP contribution in [0.1, 0.15) is 49.8 Å². The molecule has 0 radical (unpaired) electrons. The summed E-state index contributed by atoms with van der Waals surface area (Å²) >= 11 is 0. The zero-order valence-electron chi connectivity index (χ0n) is 17.5. The molecule has 0 saturated carbocycles. The lowest BCUT2D eigenvalue weighted by molar-refractivity contribution is -0.141. The van der Waals surface area contributed by atoms with Crippen LogP contribution < -0.4 is 5.32 Å². The van der Waals surface area contributed by atoms with Crippen molar-refractivity contribution in [1.82, 2.24) is 20.1 Å². The molecule has 2 aliphatic rings. The highest BCUT2D eigenvalue weighted by Crippen LogP contribution is 2.32. The van der Waals surface area contributed by atoms with Crippen molar-refractivity contribution in [3.05, 3.63) is 29.6 Å². The van der Waals surface area contributed by atoms with E-state index in [1.807, 2.05) is 0 Å². The Labute approximate surface area is 177 Å². The number of amides is 3. The van der Waals surface area contributed by atoms with Crippen LogP contribution in [0.25, 0.3) is 0 Å². The number of aromatic nitrogens is 1. The van der Waals surface area contributed by atoms with Gasteiger partial charge >= 0.3 is 12.3 Å². The van der Waals surface area contributed by atoms with Gasteiger partial charge in [0.2, 0.25) is 5.91 Å². The van der Waals surface area contributed by atoms with Crippen LogP contribution in [0.2, 0.25) is 0 Å². The maximum Gasteiger partial charge on any atom is 0.433 e. The Bertz CT molecular complexity index is 869. The number of pyridine rings is 1. The lowest BCUT2D eigenvalue weighted by Crippen LogP contribution is -2.45. The SMILES string of the molecule is CC(C)(C)OC(=O)N1CCC2C1CCN2C(=O)CNC(=O)c1cccc(C(F)(F)F)n1. The Kier molecular flexibility index (Phi) is 6.15. The minimum Gasteiger partial charge on any atom is -0.444 e. The number of ether oxygens (including phenoxy) is 1. The molecular formula is C20H25F3N4O4. The molecule has 8 nitrogen and oxygen atoms in total. The first kappa shape index (κ1) is 22.8. The van der Waals surface area contributed by atoms with Crippen LogP contribution in [0.15, 0.2) is 18.2 Å². The summed E-state index contributed by atoms with van der Waals surface area (Å²) in [6.07, 6.45) is -3.89. The highest BCUT2D eigenvalue weighted by atomic mass is 19.4. The topological polar surface area (TPSA) is 91.8 Å². The fourth-order valence-corrected chi connectivity index (χ4v) is 3.91. The molecule has 1 aromatic heterocycles. The number of carbonyl (C=O) groups is 3. The molecule has 3 amide bonds. The van der Waals surface area contributed by atoms with Crippen molar-refractivity contribution in [3.63, 3.8) is 0 Å². The largest absolute Gasteiger partial charge is 0.444 e. The summed E-state index contributed by atoms with van der Waals surface area (Å²) in [5, 5.41) is 2.33. The van der Waals surface area contributed by atoms with Gasteiger partial charge in [-0.2, -0.15) is 13.2 Å². The minimum absolute atomic E-state index is 0.153. The Morgan fingerprint density at radius 1 is 1.10 bits per heavy atom. The van der Waals surface area contributed by atoms with Gasteiger partial charge in [-0.25, -0.2) is 9.78 Å². The van der Waals surface area contributed by atoms with Gasteiger partial charge in [0.25, 0.3) is 5.91 Å². The van der Waals surface area contributed by atoms with E-state index in [0.717, 1.165) is 18.2 Å². The van der Waals surface area contributed by atoms with Crippen molar-refractivity contribution in [2.45, 2.75) is 57.5 Å². The van der Waals surface area contributed by atoms with Crippen molar-refractivity contribution < 1.29 is 32.3 Å². The van der Waals surface area contributed by atoms with Crippen molar-refractivity contribution >= 4 is 17.9 Å². The number of nitrogens with zero attached hydrogens (tertiary/aromatic N) is 3. The van der Waals surface area contributed by atoms with Gasteiger partial charge in [-0.05, 0) is 45.7 Å². The van der Waals surface area contributed by atoms with Gasteiger partial charge in [-0.1, -0.05) is 6.07 Å². The van der Waals surface area contributed by atoms with Crippen molar-refractivity contribution in [2.75, 3.05) is 19.6 Å². The second-order valence-electron chi connectivity index (χ2n) is 8.56. The third kappa shape index (κ3) is 5.26. The molecule has 170 valence electrons. The molecule has 0 aliphatic carbocycles. The first-order valence-corrected chi connectivity index (χ1v) is 9.98. The fraction of sp³-hybridized carbons (Fsp3) is 0.600. The van der Waals surface area contributed by atoms with E-state index >= 15 is 0 Å². The summed E-state index contributed by atoms with van der Waals surface area (Å²) in [4.78, 5) is 43.8. The molecule has 3 rings (SSSR count). The summed E-state index contributed by atoms with van der Waals surface area (Å²) in [6, 6.07) is 2.67. The van der Waals surface area contributed by atoms with E-state index in [1.165, 1.54) is 0 Å². The van der Waals surface area contributed by atoms with Crippen LogP contribution in [0.4, 0.5) is 18.0 Å². The first-order chi connectivity index (χ1) is 14.4. The number of hydrogen-bond donors (Lipinski definition) is 1. The number of likely N-dealkylation sites (tertiary alicyclic amines) is 2. The molecule has 2 unspecified atom stereocenters. The number of carbonyl (C=O) groups excluding carboxylic acids is 3. The minimum atomic E-state index is -4.67. The normalized spacial score (nSPS) is 21.1. The number of rotatable bonds is 3. The highest BCUT2D eigenvalue weighted by molar-refractivity contribution is 5.95. The Hall–Kier alpha value is -2.85. The van der Waals surface area contributed by atoms with Gasteiger partial charge < -0.3 is 19.9 Å². The third-order valence-corrected chi connectivity index (χ3v) is 5.20. The molecule has 3 heterocycles. The van der Waals surface area contributed by atoms with E-state index in [2.05, 4.69) is 10.3 Å². The van der Waals surface area contributed by atoms with Crippen molar-refractivity contribution in [2.24, 2.45) is 0 Å². The van der Waals surface area contributed by atoms with Gasteiger partial charge in [-0.3, -0.25) is 9.59 Å². The molecule has 2 fully saturated rings. The standard InChI is InChI=1S/C20H25F3N4O4/c1-19(2,3)31-18(30)27-10-8-13-14(27)7-9-26(13)16(28)11-24-17(29)12-5-4-6-15(25-12)20(21,22)23/h4-6,13-14H,7-11H2,1-3H3,(H,24,29). The molecule has 2 aliphatic heterocycles. The van der Waals surface area contributed by atoms with E-state index in [-0.39, 0.29) is 24.5 Å². The van der Waals surface area contributed by atoms with Gasteiger partial charge in [0.05, 0.1) is 18.6 Å². The Morgan fingerprint density at radius 2 is 1.71 bits per heavy atom. The fourth-order valence-electron chi connectivity index (χ4n) is 3.91. The van der Waals surface area contributed by atoms with Gasteiger partial charge in [0, 0.05) is 13.1 Å². The average Bonchev–Trinajstić information content (AvgIpc) is 3.25. The van der Waals surface area contributed by atoms with Crippen LogP contribution >= 0.6 is 0 Å². The lowest BCUT2D eigenvalue weighted by atomic mass is 10.1. The molecule has 1 N–H and O–H groups in total. The molecule has 2 atom stereocenters. The van der Waals surface area contributed by atoms with Gasteiger partial charge in [0.15, 0.2) is 0 Å². The second-order valence-corrected chi connectivity index (χ2v) is 8.56. The van der Waals surface area contributed by atoms with Crippen molar-refractivity contribution in [1.29, 1.82) is 0 Å². The van der Waals surface area contributed by atoms with Crippen LogP contribution in [-0.2, 0) is 15.7 Å². The zero-order chi connectivity index (χ0) is 23.0. The number of nitrogens with one attached hydrogen (secondary N) is 1. The quantitative estimate of drug-likeness (QED) is 0.777. The van der Waals surface area contributed by atoms with E-state index in [0.29, 0.717) is 25.9 Å². The molecule has 1 aromatic rings. The molecule has 31 heavy (non-hydrogen) atoms. The summed E-state index contributed by atoms with van der Waals surface area (Å²) in [6.45, 7) is 5.87. The van der Waals surface area contributed by atoms with Gasteiger partial charge in [0.1, 0.15) is 17.0 Å². The maximum absolute atomic E-state index is 12.8. The summed E-state index contributed by atoms with van der Waals surface area (Å²) in [5.74, 6) is -1.23.